The molecular weight excluding hydrogens is 300 g/mol. The molecule has 3 aromatic rings. The van der Waals surface area contributed by atoms with Gasteiger partial charge in [-0.2, -0.15) is 4.98 Å². The lowest BCUT2D eigenvalue weighted by atomic mass is 9.98. The van der Waals surface area contributed by atoms with Crippen molar-refractivity contribution in [3.8, 4) is 0 Å². The number of nitrogens with two attached hydrogens (primary N) is 1. The molecule has 0 bridgehead atoms. The Morgan fingerprint density at radius 2 is 2.13 bits per heavy atom. The number of nitrogen functional groups attached to an aromatic ring is 1. The van der Waals surface area contributed by atoms with Gasteiger partial charge in [0.2, 0.25) is 11.1 Å². The molecule has 0 saturated carbocycles. The van der Waals surface area contributed by atoms with Gasteiger partial charge in [-0.25, -0.2) is 4.79 Å². The fraction of sp³-hybridized carbons (Fsp3) is 0.200. The first-order valence-electron chi connectivity index (χ1n) is 7.01. The highest BCUT2D eigenvalue weighted by Crippen LogP contribution is 2.24. The van der Waals surface area contributed by atoms with E-state index in [4.69, 9.17) is 15.3 Å². The SMILES string of the molecule is Nc1nc2oc3cnc(C4CNC4)cc3c(=O)c2cc1C(=O)O. The lowest BCUT2D eigenvalue weighted by molar-refractivity contribution is 0.0698. The average molecular weight is 312 g/mol. The van der Waals surface area contributed by atoms with Crippen LogP contribution in [0.15, 0.2) is 27.5 Å². The maximum atomic E-state index is 12.7. The molecule has 1 fully saturated rings. The molecule has 8 nitrogen and oxygen atoms in total. The van der Waals surface area contributed by atoms with Crippen molar-refractivity contribution in [1.82, 2.24) is 15.3 Å². The van der Waals surface area contributed by atoms with Gasteiger partial charge in [-0.3, -0.25) is 9.78 Å². The molecule has 0 amide bonds. The number of carboxylic acids is 1. The van der Waals surface area contributed by atoms with Gasteiger partial charge >= 0.3 is 5.97 Å². The molecule has 8 heteroatoms. The number of nitrogens with zero attached hydrogens (tertiary/aromatic N) is 2. The predicted octanol–water partition coefficient (Wildman–Crippen LogP) is 0.703. The minimum Gasteiger partial charge on any atom is -0.478 e. The minimum absolute atomic E-state index is 0.00450. The molecule has 0 atom stereocenters. The lowest BCUT2D eigenvalue weighted by Gasteiger charge is -2.26. The smallest absolute Gasteiger partial charge is 0.339 e. The number of rotatable bonds is 2. The molecule has 116 valence electrons. The Kier molecular flexibility index (Phi) is 2.82. The van der Waals surface area contributed by atoms with Crippen LogP contribution in [0.3, 0.4) is 0 Å². The Morgan fingerprint density at radius 1 is 1.35 bits per heavy atom. The van der Waals surface area contributed by atoms with Crippen LogP contribution >= 0.6 is 0 Å². The van der Waals surface area contributed by atoms with Gasteiger partial charge < -0.3 is 20.6 Å². The topological polar surface area (TPSA) is 131 Å². The van der Waals surface area contributed by atoms with Crippen molar-refractivity contribution >= 4 is 33.9 Å². The summed E-state index contributed by atoms with van der Waals surface area (Å²) < 4.78 is 5.57. The maximum absolute atomic E-state index is 12.7. The minimum atomic E-state index is -1.24. The van der Waals surface area contributed by atoms with Crippen LogP contribution in [0.1, 0.15) is 22.0 Å². The zero-order valence-electron chi connectivity index (χ0n) is 11.9. The fourth-order valence-corrected chi connectivity index (χ4v) is 2.61. The summed E-state index contributed by atoms with van der Waals surface area (Å²) in [5, 5.41) is 12.7. The molecule has 1 aliphatic heterocycles. The van der Waals surface area contributed by atoms with Crippen LogP contribution < -0.4 is 16.5 Å². The first kappa shape index (κ1) is 13.6. The highest BCUT2D eigenvalue weighted by Gasteiger charge is 2.22. The van der Waals surface area contributed by atoms with Crippen molar-refractivity contribution in [2.24, 2.45) is 0 Å². The average Bonchev–Trinajstić information content (AvgIpc) is 2.45. The predicted molar refractivity (Wildman–Crippen MR) is 82.6 cm³/mol. The van der Waals surface area contributed by atoms with E-state index in [-0.39, 0.29) is 33.8 Å². The molecule has 0 aliphatic carbocycles. The normalized spacial score (nSPS) is 15.0. The zero-order chi connectivity index (χ0) is 16.1. The van der Waals surface area contributed by atoms with E-state index in [1.807, 2.05) is 0 Å². The van der Waals surface area contributed by atoms with E-state index in [2.05, 4.69) is 15.3 Å². The van der Waals surface area contributed by atoms with Crippen LogP contribution in [0.5, 0.6) is 0 Å². The van der Waals surface area contributed by atoms with Gasteiger partial charge in [-0.1, -0.05) is 0 Å². The van der Waals surface area contributed by atoms with E-state index < -0.39 is 5.97 Å². The monoisotopic (exact) mass is 312 g/mol. The van der Waals surface area contributed by atoms with E-state index in [0.717, 1.165) is 18.8 Å². The Balaban J connectivity index is 2.02. The van der Waals surface area contributed by atoms with E-state index in [1.54, 1.807) is 6.07 Å². The molecule has 0 spiro atoms. The Morgan fingerprint density at radius 3 is 2.78 bits per heavy atom. The van der Waals surface area contributed by atoms with Gasteiger partial charge in [-0.15, -0.1) is 0 Å². The van der Waals surface area contributed by atoms with Gasteiger partial charge in [0.05, 0.1) is 17.0 Å². The molecule has 4 heterocycles. The number of pyridine rings is 2. The van der Waals surface area contributed by atoms with Gasteiger partial charge in [0, 0.05) is 24.7 Å². The highest BCUT2D eigenvalue weighted by molar-refractivity contribution is 5.98. The van der Waals surface area contributed by atoms with Crippen LogP contribution in [-0.2, 0) is 0 Å². The number of hydrogen-bond donors (Lipinski definition) is 3. The van der Waals surface area contributed by atoms with Crippen LogP contribution in [0.2, 0.25) is 0 Å². The van der Waals surface area contributed by atoms with E-state index >= 15 is 0 Å². The molecule has 1 saturated heterocycles. The number of fused-ring (bicyclic) bond motifs is 2. The number of nitrogens with one attached hydrogen (secondary N) is 1. The first-order chi connectivity index (χ1) is 11.0. The fourth-order valence-electron chi connectivity index (χ4n) is 2.61. The first-order valence-corrected chi connectivity index (χ1v) is 7.01. The van der Waals surface area contributed by atoms with Crippen LogP contribution in [-0.4, -0.2) is 34.1 Å². The van der Waals surface area contributed by atoms with E-state index in [1.165, 1.54) is 12.3 Å². The molecule has 3 aromatic heterocycles. The summed E-state index contributed by atoms with van der Waals surface area (Å²) in [5.74, 6) is -1.17. The molecule has 0 radical (unpaired) electrons. The molecular formula is C15H12N4O4. The second-order valence-electron chi connectivity index (χ2n) is 5.47. The van der Waals surface area contributed by atoms with Gasteiger partial charge in [0.1, 0.15) is 11.4 Å². The third kappa shape index (κ3) is 2.03. The van der Waals surface area contributed by atoms with Crippen LogP contribution in [0, 0.1) is 0 Å². The Bertz CT molecular complexity index is 1020. The maximum Gasteiger partial charge on any atom is 0.339 e. The van der Waals surface area contributed by atoms with E-state index in [9.17, 15) is 9.59 Å². The third-order valence-corrected chi connectivity index (χ3v) is 4.03. The quantitative estimate of drug-likeness (QED) is 0.589. The van der Waals surface area contributed by atoms with Crippen molar-refractivity contribution in [2.45, 2.75) is 5.92 Å². The van der Waals surface area contributed by atoms with Gasteiger partial charge in [-0.05, 0) is 12.1 Å². The molecule has 0 unspecified atom stereocenters. The third-order valence-electron chi connectivity index (χ3n) is 4.03. The zero-order valence-corrected chi connectivity index (χ0v) is 11.9. The number of aromatic nitrogens is 2. The van der Waals surface area contributed by atoms with Crippen molar-refractivity contribution in [3.05, 3.63) is 39.8 Å². The summed E-state index contributed by atoms with van der Waals surface area (Å²) in [6, 6.07) is 2.90. The number of hydrogen-bond acceptors (Lipinski definition) is 7. The van der Waals surface area contributed by atoms with Crippen molar-refractivity contribution < 1.29 is 14.3 Å². The van der Waals surface area contributed by atoms with Crippen LogP contribution in [0.25, 0.3) is 22.1 Å². The molecule has 1 aliphatic rings. The Labute approximate surface area is 128 Å². The van der Waals surface area contributed by atoms with Gasteiger partial charge in [0.25, 0.3) is 0 Å². The number of anilines is 1. The molecule has 23 heavy (non-hydrogen) atoms. The summed E-state index contributed by atoms with van der Waals surface area (Å²) in [7, 11) is 0. The van der Waals surface area contributed by atoms with Crippen molar-refractivity contribution in [3.63, 3.8) is 0 Å². The summed E-state index contributed by atoms with van der Waals surface area (Å²) in [4.78, 5) is 32.0. The summed E-state index contributed by atoms with van der Waals surface area (Å²) in [6.45, 7) is 1.64. The summed E-state index contributed by atoms with van der Waals surface area (Å²) in [5.41, 5.74) is 6.15. The van der Waals surface area contributed by atoms with E-state index in [0.29, 0.717) is 11.0 Å². The molecule has 0 aromatic carbocycles. The second kappa shape index (κ2) is 4.75. The lowest BCUT2D eigenvalue weighted by Crippen LogP contribution is -2.40. The molecule has 4 N–H and O–H groups in total. The van der Waals surface area contributed by atoms with Crippen LogP contribution in [0.4, 0.5) is 5.82 Å². The van der Waals surface area contributed by atoms with Gasteiger partial charge in [0.15, 0.2) is 5.58 Å². The summed E-state index contributed by atoms with van der Waals surface area (Å²) in [6.07, 6.45) is 1.49. The number of aromatic carboxylic acids is 1. The Hall–Kier alpha value is -3.00. The largest absolute Gasteiger partial charge is 0.478 e. The number of carboxylic acid groups (broad SMARTS) is 1. The second-order valence-corrected chi connectivity index (χ2v) is 5.47. The molecule has 4 rings (SSSR count). The highest BCUT2D eigenvalue weighted by atomic mass is 16.4. The van der Waals surface area contributed by atoms with Crippen molar-refractivity contribution in [2.75, 3.05) is 18.8 Å². The number of carbonyl (C=O) groups is 1. The standard InChI is InChI=1S/C15H12N4O4/c16-13-9(15(21)22)1-8-12(20)7-2-10(6-3-17-4-6)18-5-11(7)23-14(8)19-13/h1-2,5-6,17H,3-4H2,(H2,16,19)(H,21,22). The summed E-state index contributed by atoms with van der Waals surface area (Å²) >= 11 is 0. The van der Waals surface area contributed by atoms with Crippen molar-refractivity contribution in [1.29, 1.82) is 0 Å².